The van der Waals surface area contributed by atoms with Crippen LogP contribution in [0, 0.1) is 5.82 Å². The molecule has 1 aromatic heterocycles. The molecule has 0 radical (unpaired) electrons. The molecule has 0 saturated carbocycles. The Morgan fingerprint density at radius 2 is 1.64 bits per heavy atom. The first kappa shape index (κ1) is 29.3. The van der Waals surface area contributed by atoms with E-state index in [1.807, 2.05) is 0 Å². The molecule has 1 heterocycles. The van der Waals surface area contributed by atoms with E-state index in [-0.39, 0.29) is 18.2 Å². The number of aromatic nitrogens is 1. The molecule has 1 atom stereocenters. The van der Waals surface area contributed by atoms with E-state index in [1.54, 1.807) is 72.7 Å². The highest BCUT2D eigenvalue weighted by atomic mass is 19.1. The third kappa shape index (κ3) is 7.66. The van der Waals surface area contributed by atoms with E-state index in [1.165, 1.54) is 24.4 Å². The van der Waals surface area contributed by atoms with Crippen molar-refractivity contribution in [1.82, 2.24) is 4.98 Å². The number of hydrogen-bond acceptors (Lipinski definition) is 8. The van der Waals surface area contributed by atoms with Gasteiger partial charge < -0.3 is 24.3 Å². The van der Waals surface area contributed by atoms with Gasteiger partial charge in [0.15, 0.2) is 17.4 Å². The van der Waals surface area contributed by atoms with E-state index < -0.39 is 35.2 Å². The maximum atomic E-state index is 14.0. The molecule has 9 nitrogen and oxygen atoms in total. The molecular formula is C29H34FN3O6. The maximum absolute atomic E-state index is 14.0. The van der Waals surface area contributed by atoms with Crippen LogP contribution in [0.5, 0.6) is 5.75 Å². The second-order valence-corrected chi connectivity index (χ2v) is 10.7. The largest absolute Gasteiger partial charge is 0.491 e. The third-order valence-electron chi connectivity index (χ3n) is 5.18. The quantitative estimate of drug-likeness (QED) is 0.327. The van der Waals surface area contributed by atoms with Crippen molar-refractivity contribution in [1.29, 1.82) is 0 Å². The van der Waals surface area contributed by atoms with Crippen LogP contribution < -0.4 is 15.0 Å². The van der Waals surface area contributed by atoms with Gasteiger partial charge in [0, 0.05) is 17.3 Å². The number of aldehydes is 1. The number of benzene rings is 2. The fourth-order valence-corrected chi connectivity index (χ4v) is 3.65. The summed E-state index contributed by atoms with van der Waals surface area (Å²) in [4.78, 5) is 43.2. The molecule has 0 saturated heterocycles. The fourth-order valence-electron chi connectivity index (χ4n) is 3.65. The Bertz CT molecular complexity index is 1340. The molecule has 3 aromatic rings. The molecule has 2 aromatic carbocycles. The van der Waals surface area contributed by atoms with Crippen molar-refractivity contribution in [2.75, 3.05) is 16.8 Å². The lowest BCUT2D eigenvalue weighted by molar-refractivity contribution is -0.108. The molecule has 10 heteroatoms. The van der Waals surface area contributed by atoms with Crippen LogP contribution in [0.3, 0.4) is 0 Å². The summed E-state index contributed by atoms with van der Waals surface area (Å²) in [5.41, 5.74) is -0.650. The van der Waals surface area contributed by atoms with Crippen molar-refractivity contribution in [2.24, 2.45) is 0 Å². The number of amides is 2. The zero-order valence-corrected chi connectivity index (χ0v) is 23.2. The average Bonchev–Trinajstić information content (AvgIpc) is 2.82. The van der Waals surface area contributed by atoms with Crippen molar-refractivity contribution in [3.8, 4) is 5.75 Å². The van der Waals surface area contributed by atoms with Crippen LogP contribution in [0.4, 0.5) is 25.5 Å². The van der Waals surface area contributed by atoms with Gasteiger partial charge in [-0.2, -0.15) is 4.90 Å². The minimum absolute atomic E-state index is 0.0365. The lowest BCUT2D eigenvalue weighted by Crippen LogP contribution is -2.44. The summed E-state index contributed by atoms with van der Waals surface area (Å²) in [6.45, 7) is 12.2. The fraction of sp³-hybridized carbons (Fsp3) is 0.379. The van der Waals surface area contributed by atoms with Crippen LogP contribution in [0.2, 0.25) is 0 Å². The molecule has 39 heavy (non-hydrogen) atoms. The van der Waals surface area contributed by atoms with E-state index in [2.05, 4.69) is 10.3 Å². The van der Waals surface area contributed by atoms with Crippen LogP contribution in [-0.2, 0) is 14.3 Å². The standard InChI is InChI=1S/C29H34FN3O6/c1-8-37-24-16-19(9-12-22(24)30)23(17-34)32-20-10-11-21-18(15-20)13-14-31-25(21)33(26(35)38-28(2,3)4)27(36)39-29(5,6)7/h9-17,23,32H,8H2,1-7H3. The zero-order chi connectivity index (χ0) is 29.0. The van der Waals surface area contributed by atoms with E-state index in [9.17, 15) is 18.8 Å². The van der Waals surface area contributed by atoms with E-state index in [0.717, 1.165) is 4.90 Å². The molecular weight excluding hydrogens is 505 g/mol. The molecule has 0 aliphatic heterocycles. The van der Waals surface area contributed by atoms with Gasteiger partial charge in [-0.3, -0.25) is 0 Å². The van der Waals surface area contributed by atoms with Gasteiger partial charge in [0.25, 0.3) is 0 Å². The Balaban J connectivity index is 1.99. The first-order valence-corrected chi connectivity index (χ1v) is 12.5. The van der Waals surface area contributed by atoms with Crippen molar-refractivity contribution >= 4 is 40.8 Å². The van der Waals surface area contributed by atoms with Gasteiger partial charge in [0.2, 0.25) is 0 Å². The number of pyridine rings is 1. The summed E-state index contributed by atoms with van der Waals surface area (Å²) in [6.07, 6.45) is 0.301. The Kier molecular flexibility index (Phi) is 8.78. The number of nitrogens with one attached hydrogen (secondary N) is 1. The van der Waals surface area contributed by atoms with Gasteiger partial charge in [-0.05, 0) is 95.8 Å². The Morgan fingerprint density at radius 3 is 2.21 bits per heavy atom. The molecule has 0 aliphatic rings. The summed E-state index contributed by atoms with van der Waals surface area (Å²) in [7, 11) is 0. The van der Waals surface area contributed by atoms with Gasteiger partial charge in [-0.25, -0.2) is 19.0 Å². The van der Waals surface area contributed by atoms with Crippen molar-refractivity contribution < 1.29 is 33.0 Å². The minimum Gasteiger partial charge on any atom is -0.491 e. The summed E-state index contributed by atoms with van der Waals surface area (Å²) in [5, 5.41) is 4.22. The predicted octanol–water partition coefficient (Wildman–Crippen LogP) is 6.80. The van der Waals surface area contributed by atoms with Gasteiger partial charge in [0.1, 0.15) is 23.5 Å². The molecule has 1 N–H and O–H groups in total. The molecule has 208 valence electrons. The molecule has 0 spiro atoms. The number of anilines is 2. The van der Waals surface area contributed by atoms with E-state index >= 15 is 0 Å². The Morgan fingerprint density at radius 1 is 1.00 bits per heavy atom. The Hall–Kier alpha value is -4.21. The first-order chi connectivity index (χ1) is 18.2. The smallest absolute Gasteiger partial charge is 0.425 e. The Labute approximate surface area is 227 Å². The lowest BCUT2D eigenvalue weighted by Gasteiger charge is -2.28. The minimum atomic E-state index is -0.929. The highest BCUT2D eigenvalue weighted by Crippen LogP contribution is 2.31. The van der Waals surface area contributed by atoms with Gasteiger partial charge in [-0.1, -0.05) is 6.07 Å². The number of fused-ring (bicyclic) bond motifs is 1. The van der Waals surface area contributed by atoms with Crippen LogP contribution in [0.15, 0.2) is 48.7 Å². The van der Waals surface area contributed by atoms with Crippen LogP contribution in [0.1, 0.15) is 60.1 Å². The zero-order valence-electron chi connectivity index (χ0n) is 23.2. The van der Waals surface area contributed by atoms with Crippen LogP contribution in [-0.4, -0.2) is 41.3 Å². The van der Waals surface area contributed by atoms with Crippen LogP contribution >= 0.6 is 0 Å². The molecule has 0 fully saturated rings. The topological polar surface area (TPSA) is 107 Å². The number of carbonyl (C=O) groups is 3. The SMILES string of the molecule is CCOc1cc(C(C=O)Nc2ccc3c(N(C(=O)OC(C)(C)C)C(=O)OC(C)(C)C)nccc3c2)ccc1F. The van der Waals surface area contributed by atoms with Crippen molar-refractivity contribution in [3.05, 3.63) is 60.0 Å². The second-order valence-electron chi connectivity index (χ2n) is 10.7. The third-order valence-corrected chi connectivity index (χ3v) is 5.18. The monoisotopic (exact) mass is 539 g/mol. The maximum Gasteiger partial charge on any atom is 0.425 e. The number of nitrogens with zero attached hydrogens (tertiary/aromatic N) is 2. The summed E-state index contributed by atoms with van der Waals surface area (Å²) >= 11 is 0. The highest BCUT2D eigenvalue weighted by Gasteiger charge is 2.34. The number of rotatable bonds is 7. The van der Waals surface area contributed by atoms with Crippen molar-refractivity contribution in [2.45, 2.75) is 65.7 Å². The van der Waals surface area contributed by atoms with Gasteiger partial charge >= 0.3 is 12.2 Å². The number of hydrogen-bond donors (Lipinski definition) is 1. The lowest BCUT2D eigenvalue weighted by atomic mass is 10.1. The second kappa shape index (κ2) is 11.7. The molecule has 2 amide bonds. The normalized spacial score (nSPS) is 12.4. The van der Waals surface area contributed by atoms with Gasteiger partial charge in [0.05, 0.1) is 6.61 Å². The number of ether oxygens (including phenoxy) is 3. The summed E-state index contributed by atoms with van der Waals surface area (Å²) in [5.74, 6) is -0.424. The average molecular weight is 540 g/mol. The molecule has 0 bridgehead atoms. The predicted molar refractivity (Wildman–Crippen MR) is 147 cm³/mol. The van der Waals surface area contributed by atoms with Gasteiger partial charge in [-0.15, -0.1) is 0 Å². The molecule has 3 rings (SSSR count). The van der Waals surface area contributed by atoms with E-state index in [0.29, 0.717) is 28.3 Å². The van der Waals surface area contributed by atoms with E-state index in [4.69, 9.17) is 14.2 Å². The summed E-state index contributed by atoms with van der Waals surface area (Å²) < 4.78 is 30.3. The van der Waals surface area contributed by atoms with Crippen molar-refractivity contribution in [3.63, 3.8) is 0 Å². The molecule has 0 aliphatic carbocycles. The van der Waals surface area contributed by atoms with Crippen LogP contribution in [0.25, 0.3) is 10.8 Å². The summed E-state index contributed by atoms with van der Waals surface area (Å²) in [6, 6.07) is 10.2. The molecule has 1 unspecified atom stereocenters. The number of carbonyl (C=O) groups excluding carboxylic acids is 3. The highest BCUT2D eigenvalue weighted by molar-refractivity contribution is 6.14. The number of halogens is 1. The first-order valence-electron chi connectivity index (χ1n) is 12.5. The number of imide groups is 1.